The minimum atomic E-state index is -0.371. The molecule has 2 N–H and O–H groups in total. The van der Waals surface area contributed by atoms with Crippen LogP contribution in [-0.4, -0.2) is 10.1 Å². The molecule has 1 unspecified atom stereocenters. The predicted octanol–water partition coefficient (Wildman–Crippen LogP) is 3.86. The van der Waals surface area contributed by atoms with Gasteiger partial charge < -0.3 is 10.4 Å². The second kappa shape index (κ2) is 5.35. The maximum absolute atomic E-state index is 13.2. The number of aromatic nitrogens is 1. The zero-order valence-electron chi connectivity index (χ0n) is 9.69. The zero-order chi connectivity index (χ0) is 13.1. The van der Waals surface area contributed by atoms with Crippen molar-refractivity contribution in [1.29, 1.82) is 0 Å². The molecule has 2 aromatic rings. The highest BCUT2D eigenvalue weighted by Crippen LogP contribution is 2.28. The molecule has 0 saturated heterocycles. The Morgan fingerprint density at radius 1 is 1.33 bits per heavy atom. The van der Waals surface area contributed by atoms with Gasteiger partial charge in [0.25, 0.3) is 0 Å². The van der Waals surface area contributed by atoms with Gasteiger partial charge in [-0.3, -0.25) is 4.98 Å². The summed E-state index contributed by atoms with van der Waals surface area (Å²) in [4.78, 5) is 4.02. The molecular formula is C13H12BrFN2O. The summed E-state index contributed by atoms with van der Waals surface area (Å²) < 4.78 is 14.0. The third-order valence-corrected chi connectivity index (χ3v) is 2.98. The molecule has 0 bridgehead atoms. The Balaban J connectivity index is 2.21. The Morgan fingerprint density at radius 3 is 2.83 bits per heavy atom. The fraction of sp³-hybridized carbons (Fsp3) is 0.154. The SMILES string of the molecule is CC(Nc1cncc(Br)c1)c1cc(F)ccc1O. The van der Waals surface area contributed by atoms with Crippen LogP contribution in [0.5, 0.6) is 5.75 Å². The number of benzene rings is 1. The summed E-state index contributed by atoms with van der Waals surface area (Å²) in [5, 5.41) is 12.9. The maximum atomic E-state index is 13.2. The number of anilines is 1. The van der Waals surface area contributed by atoms with Gasteiger partial charge in [-0.05, 0) is 47.1 Å². The van der Waals surface area contributed by atoms with E-state index in [0.717, 1.165) is 10.2 Å². The Bertz CT molecular complexity index is 562. The number of aromatic hydroxyl groups is 1. The van der Waals surface area contributed by atoms with Gasteiger partial charge in [0.05, 0.1) is 17.9 Å². The van der Waals surface area contributed by atoms with Crippen LogP contribution in [0.3, 0.4) is 0 Å². The molecule has 94 valence electrons. The van der Waals surface area contributed by atoms with Crippen LogP contribution in [-0.2, 0) is 0 Å². The van der Waals surface area contributed by atoms with Gasteiger partial charge in [-0.25, -0.2) is 4.39 Å². The lowest BCUT2D eigenvalue weighted by molar-refractivity contribution is 0.462. The summed E-state index contributed by atoms with van der Waals surface area (Å²) in [5.41, 5.74) is 1.30. The van der Waals surface area contributed by atoms with E-state index in [0.29, 0.717) is 5.56 Å². The van der Waals surface area contributed by atoms with E-state index >= 15 is 0 Å². The third-order valence-electron chi connectivity index (χ3n) is 2.54. The van der Waals surface area contributed by atoms with Gasteiger partial charge in [0.2, 0.25) is 0 Å². The quantitative estimate of drug-likeness (QED) is 0.904. The Morgan fingerprint density at radius 2 is 2.11 bits per heavy atom. The molecule has 1 aromatic heterocycles. The molecule has 0 aliphatic heterocycles. The van der Waals surface area contributed by atoms with E-state index in [-0.39, 0.29) is 17.6 Å². The summed E-state index contributed by atoms with van der Waals surface area (Å²) in [7, 11) is 0. The second-order valence-electron chi connectivity index (χ2n) is 3.96. The van der Waals surface area contributed by atoms with Gasteiger partial charge in [-0.2, -0.15) is 0 Å². The van der Waals surface area contributed by atoms with Crippen LogP contribution in [0.4, 0.5) is 10.1 Å². The van der Waals surface area contributed by atoms with E-state index < -0.39 is 0 Å². The van der Waals surface area contributed by atoms with Crippen LogP contribution >= 0.6 is 15.9 Å². The van der Waals surface area contributed by atoms with Crippen LogP contribution in [0, 0.1) is 5.82 Å². The van der Waals surface area contributed by atoms with Gasteiger partial charge in [0, 0.05) is 16.2 Å². The van der Waals surface area contributed by atoms with E-state index in [1.807, 2.05) is 13.0 Å². The molecule has 0 spiro atoms. The van der Waals surface area contributed by atoms with E-state index in [4.69, 9.17) is 0 Å². The van der Waals surface area contributed by atoms with Crippen LogP contribution in [0.25, 0.3) is 0 Å². The molecule has 1 aromatic carbocycles. The summed E-state index contributed by atoms with van der Waals surface area (Å²) in [6, 6.07) is 5.53. The van der Waals surface area contributed by atoms with Gasteiger partial charge in [0.1, 0.15) is 11.6 Å². The molecule has 3 nitrogen and oxygen atoms in total. The van der Waals surface area contributed by atoms with Crippen LogP contribution in [0.1, 0.15) is 18.5 Å². The van der Waals surface area contributed by atoms with Crippen molar-refractivity contribution in [2.75, 3.05) is 5.32 Å². The highest BCUT2D eigenvalue weighted by Gasteiger charge is 2.11. The Labute approximate surface area is 113 Å². The summed E-state index contributed by atoms with van der Waals surface area (Å²) in [6.07, 6.45) is 3.34. The average Bonchev–Trinajstić information content (AvgIpc) is 2.32. The first kappa shape index (κ1) is 12.8. The normalized spacial score (nSPS) is 12.2. The number of rotatable bonds is 3. The molecule has 0 fully saturated rings. The topological polar surface area (TPSA) is 45.2 Å². The molecule has 18 heavy (non-hydrogen) atoms. The largest absolute Gasteiger partial charge is 0.508 e. The van der Waals surface area contributed by atoms with Crippen LogP contribution < -0.4 is 5.32 Å². The maximum Gasteiger partial charge on any atom is 0.123 e. The monoisotopic (exact) mass is 310 g/mol. The van der Waals surface area contributed by atoms with E-state index in [1.165, 1.54) is 18.2 Å². The zero-order valence-corrected chi connectivity index (χ0v) is 11.3. The molecule has 1 atom stereocenters. The average molecular weight is 311 g/mol. The number of nitrogens with one attached hydrogen (secondary N) is 1. The minimum Gasteiger partial charge on any atom is -0.508 e. The first-order chi connectivity index (χ1) is 8.56. The van der Waals surface area contributed by atoms with Gasteiger partial charge >= 0.3 is 0 Å². The predicted molar refractivity (Wildman–Crippen MR) is 72.0 cm³/mol. The van der Waals surface area contributed by atoms with Crippen molar-refractivity contribution >= 4 is 21.6 Å². The smallest absolute Gasteiger partial charge is 0.123 e. The lowest BCUT2D eigenvalue weighted by atomic mass is 10.1. The van der Waals surface area contributed by atoms with Crippen LogP contribution in [0.15, 0.2) is 41.1 Å². The first-order valence-corrected chi connectivity index (χ1v) is 6.21. The number of phenolic OH excluding ortho intramolecular Hbond substituents is 1. The third kappa shape index (κ3) is 2.98. The van der Waals surface area contributed by atoms with E-state index in [9.17, 15) is 9.50 Å². The molecule has 0 aliphatic carbocycles. The minimum absolute atomic E-state index is 0.0688. The van der Waals surface area contributed by atoms with Gasteiger partial charge in [-0.1, -0.05) is 0 Å². The van der Waals surface area contributed by atoms with Crippen molar-refractivity contribution in [2.24, 2.45) is 0 Å². The molecule has 1 heterocycles. The van der Waals surface area contributed by atoms with Crippen molar-refractivity contribution in [3.8, 4) is 5.75 Å². The summed E-state index contributed by atoms with van der Waals surface area (Å²) in [6.45, 7) is 1.84. The molecular weight excluding hydrogens is 299 g/mol. The molecule has 0 aliphatic rings. The molecule has 0 amide bonds. The number of hydrogen-bond donors (Lipinski definition) is 2. The van der Waals surface area contributed by atoms with Crippen molar-refractivity contribution in [1.82, 2.24) is 4.98 Å². The van der Waals surface area contributed by atoms with Crippen molar-refractivity contribution < 1.29 is 9.50 Å². The number of phenols is 1. The highest BCUT2D eigenvalue weighted by atomic mass is 79.9. The number of halogens is 2. The van der Waals surface area contributed by atoms with Crippen molar-refractivity contribution in [3.63, 3.8) is 0 Å². The summed E-state index contributed by atoms with van der Waals surface area (Å²) in [5.74, 6) is -0.303. The number of nitrogens with zero attached hydrogens (tertiary/aromatic N) is 1. The number of pyridine rings is 1. The molecule has 0 radical (unpaired) electrons. The van der Waals surface area contributed by atoms with Gasteiger partial charge in [-0.15, -0.1) is 0 Å². The molecule has 0 saturated carbocycles. The Kier molecular flexibility index (Phi) is 3.81. The lowest BCUT2D eigenvalue weighted by Gasteiger charge is -2.16. The fourth-order valence-electron chi connectivity index (χ4n) is 1.69. The van der Waals surface area contributed by atoms with Crippen molar-refractivity contribution in [2.45, 2.75) is 13.0 Å². The van der Waals surface area contributed by atoms with Crippen molar-refractivity contribution in [3.05, 3.63) is 52.5 Å². The highest BCUT2D eigenvalue weighted by molar-refractivity contribution is 9.10. The lowest BCUT2D eigenvalue weighted by Crippen LogP contribution is -2.07. The Hall–Kier alpha value is -1.62. The van der Waals surface area contributed by atoms with Gasteiger partial charge in [0.15, 0.2) is 0 Å². The number of hydrogen-bond acceptors (Lipinski definition) is 3. The first-order valence-electron chi connectivity index (χ1n) is 5.42. The van der Waals surface area contributed by atoms with Crippen LogP contribution in [0.2, 0.25) is 0 Å². The molecule has 5 heteroatoms. The van der Waals surface area contributed by atoms with E-state index in [1.54, 1.807) is 12.4 Å². The standard InChI is InChI=1S/C13H12BrFN2O/c1-8(12-5-10(15)2-3-13(12)18)17-11-4-9(14)6-16-7-11/h2-8,17-18H,1H3. The molecule has 2 rings (SSSR count). The fourth-order valence-corrected chi connectivity index (χ4v) is 2.06. The second-order valence-corrected chi connectivity index (χ2v) is 4.88. The van der Waals surface area contributed by atoms with E-state index in [2.05, 4.69) is 26.2 Å². The summed E-state index contributed by atoms with van der Waals surface area (Å²) >= 11 is 3.32.